The van der Waals surface area contributed by atoms with Gasteiger partial charge in [0.1, 0.15) is 10.4 Å². The van der Waals surface area contributed by atoms with Crippen LogP contribution in [-0.4, -0.2) is 43.3 Å². The maximum absolute atomic E-state index is 12.3. The average molecular weight is 337 g/mol. The Hall–Kier alpha value is -2.19. The Balaban J connectivity index is 2.39. The number of hydrogen-bond donors (Lipinski definition) is 2. The molecule has 1 saturated heterocycles. The molecule has 0 aliphatic carbocycles. The number of carboxylic acids is 2. The zero-order valence-electron chi connectivity index (χ0n) is 11.3. The number of thiocarbonyl (C=S) groups is 1. The van der Waals surface area contributed by atoms with Crippen LogP contribution in [0.4, 0.5) is 0 Å². The third-order valence-corrected chi connectivity index (χ3v) is 4.38. The quantitative estimate of drug-likeness (QED) is 0.641. The minimum absolute atomic E-state index is 0.0547. The number of carbonyl (C=O) groups is 3. The lowest BCUT2D eigenvalue weighted by molar-refractivity contribution is -0.144. The molecule has 1 fully saturated rings. The van der Waals surface area contributed by atoms with Crippen LogP contribution in [0.25, 0.3) is 6.08 Å². The van der Waals surface area contributed by atoms with Crippen molar-refractivity contribution in [3.8, 4) is 0 Å². The van der Waals surface area contributed by atoms with E-state index >= 15 is 0 Å². The number of hydrogen-bond acceptors (Lipinski definition) is 5. The van der Waals surface area contributed by atoms with Gasteiger partial charge in [-0.3, -0.25) is 9.69 Å². The second-order valence-corrected chi connectivity index (χ2v) is 6.13. The summed E-state index contributed by atoms with van der Waals surface area (Å²) in [5, 5.41) is 18.1. The number of amides is 1. The number of aliphatic carboxylic acids is 1. The highest BCUT2D eigenvalue weighted by Crippen LogP contribution is 2.34. The van der Waals surface area contributed by atoms with Gasteiger partial charge in [-0.1, -0.05) is 42.2 Å². The maximum atomic E-state index is 12.3. The smallest absolute Gasteiger partial charge is 0.336 e. The summed E-state index contributed by atoms with van der Waals surface area (Å²) < 4.78 is 0.138. The normalized spacial score (nSPS) is 17.9. The SMILES string of the molecule is CC(C(=O)O)N1C(=O)/C(=C\c2ccccc2C(=O)O)SC1=S. The summed E-state index contributed by atoms with van der Waals surface area (Å²) in [5.74, 6) is -2.81. The maximum Gasteiger partial charge on any atom is 0.336 e. The Bertz CT molecular complexity index is 713. The van der Waals surface area contributed by atoms with E-state index in [0.29, 0.717) is 5.56 Å². The fraction of sp³-hybridized carbons (Fsp3) is 0.143. The molecule has 0 spiro atoms. The van der Waals surface area contributed by atoms with Crippen LogP contribution in [0.15, 0.2) is 29.2 Å². The Morgan fingerprint density at radius 2 is 1.95 bits per heavy atom. The molecule has 0 aromatic heterocycles. The van der Waals surface area contributed by atoms with Gasteiger partial charge >= 0.3 is 11.9 Å². The highest BCUT2D eigenvalue weighted by molar-refractivity contribution is 8.26. The van der Waals surface area contributed by atoms with E-state index in [4.69, 9.17) is 22.4 Å². The molecule has 0 bridgehead atoms. The largest absolute Gasteiger partial charge is 0.480 e. The predicted molar refractivity (Wildman–Crippen MR) is 85.5 cm³/mol. The van der Waals surface area contributed by atoms with Crippen molar-refractivity contribution < 1.29 is 24.6 Å². The molecule has 22 heavy (non-hydrogen) atoms. The molecule has 2 N–H and O–H groups in total. The lowest BCUT2D eigenvalue weighted by atomic mass is 10.1. The van der Waals surface area contributed by atoms with E-state index in [1.807, 2.05) is 0 Å². The lowest BCUT2D eigenvalue weighted by Crippen LogP contribution is -2.41. The summed E-state index contributed by atoms with van der Waals surface area (Å²) in [7, 11) is 0. The zero-order valence-corrected chi connectivity index (χ0v) is 13.0. The first kappa shape index (κ1) is 16.2. The van der Waals surface area contributed by atoms with E-state index in [1.165, 1.54) is 19.1 Å². The molecule has 1 amide bonds. The number of benzene rings is 1. The molecule has 114 valence electrons. The summed E-state index contributed by atoms with van der Waals surface area (Å²) >= 11 is 5.99. The van der Waals surface area contributed by atoms with E-state index in [-0.39, 0.29) is 14.8 Å². The van der Waals surface area contributed by atoms with Gasteiger partial charge < -0.3 is 10.2 Å². The number of carboxylic acid groups (broad SMARTS) is 2. The van der Waals surface area contributed by atoms with Crippen LogP contribution in [0.3, 0.4) is 0 Å². The molecule has 1 aliphatic heterocycles. The first-order valence-corrected chi connectivity index (χ1v) is 7.37. The van der Waals surface area contributed by atoms with E-state index in [9.17, 15) is 14.4 Å². The van der Waals surface area contributed by atoms with Gasteiger partial charge in [-0.2, -0.15) is 0 Å². The molecule has 1 unspecified atom stereocenters. The molecular weight excluding hydrogens is 326 g/mol. The molecule has 6 nitrogen and oxygen atoms in total. The van der Waals surface area contributed by atoms with Crippen LogP contribution in [0.5, 0.6) is 0 Å². The zero-order chi connectivity index (χ0) is 16.4. The Labute approximate surface area is 135 Å². The van der Waals surface area contributed by atoms with E-state index in [1.54, 1.807) is 18.2 Å². The topological polar surface area (TPSA) is 94.9 Å². The van der Waals surface area contributed by atoms with Crippen molar-refractivity contribution in [2.45, 2.75) is 13.0 Å². The summed E-state index contributed by atoms with van der Waals surface area (Å²) in [6.07, 6.45) is 1.41. The van der Waals surface area contributed by atoms with Gasteiger partial charge in [-0.15, -0.1) is 0 Å². The second kappa shape index (κ2) is 6.29. The Morgan fingerprint density at radius 1 is 1.32 bits per heavy atom. The minimum atomic E-state index is -1.16. The van der Waals surface area contributed by atoms with Crippen molar-refractivity contribution in [2.24, 2.45) is 0 Å². The van der Waals surface area contributed by atoms with Gasteiger partial charge in [0.25, 0.3) is 5.91 Å². The fourth-order valence-corrected chi connectivity index (χ4v) is 3.29. The fourth-order valence-electron chi connectivity index (χ4n) is 1.88. The summed E-state index contributed by atoms with van der Waals surface area (Å²) in [4.78, 5) is 35.7. The summed E-state index contributed by atoms with van der Waals surface area (Å²) in [5.41, 5.74) is 0.414. The molecule has 1 atom stereocenters. The highest BCUT2D eigenvalue weighted by atomic mass is 32.2. The molecule has 1 aliphatic rings. The number of rotatable bonds is 4. The summed E-state index contributed by atoms with van der Waals surface area (Å²) in [6.45, 7) is 1.36. The van der Waals surface area contributed by atoms with Crippen LogP contribution >= 0.6 is 24.0 Å². The number of thioether (sulfide) groups is 1. The molecule has 2 rings (SSSR count). The van der Waals surface area contributed by atoms with Crippen molar-refractivity contribution in [2.75, 3.05) is 0 Å². The van der Waals surface area contributed by atoms with Crippen molar-refractivity contribution in [3.63, 3.8) is 0 Å². The molecular formula is C14H11NO5S2. The Morgan fingerprint density at radius 3 is 2.55 bits per heavy atom. The molecule has 1 aromatic rings. The van der Waals surface area contributed by atoms with Crippen molar-refractivity contribution in [3.05, 3.63) is 40.3 Å². The first-order chi connectivity index (χ1) is 10.3. The third-order valence-electron chi connectivity index (χ3n) is 3.05. The number of nitrogens with zero attached hydrogens (tertiary/aromatic N) is 1. The monoisotopic (exact) mass is 337 g/mol. The number of aromatic carboxylic acids is 1. The third kappa shape index (κ3) is 3.02. The lowest BCUT2D eigenvalue weighted by Gasteiger charge is -2.18. The first-order valence-electron chi connectivity index (χ1n) is 6.15. The van der Waals surface area contributed by atoms with Gasteiger partial charge in [0.2, 0.25) is 0 Å². The second-order valence-electron chi connectivity index (χ2n) is 4.46. The number of carbonyl (C=O) groups excluding carboxylic acids is 1. The molecule has 1 aromatic carbocycles. The van der Waals surface area contributed by atoms with E-state index in [0.717, 1.165) is 16.7 Å². The van der Waals surface area contributed by atoms with Gasteiger partial charge in [0.15, 0.2) is 0 Å². The van der Waals surface area contributed by atoms with Gasteiger partial charge in [-0.05, 0) is 24.6 Å². The van der Waals surface area contributed by atoms with Crippen LogP contribution < -0.4 is 0 Å². The van der Waals surface area contributed by atoms with E-state index in [2.05, 4.69) is 0 Å². The van der Waals surface area contributed by atoms with Gasteiger partial charge in [-0.25, -0.2) is 9.59 Å². The summed E-state index contributed by atoms with van der Waals surface area (Å²) in [6, 6.07) is 5.15. The van der Waals surface area contributed by atoms with E-state index < -0.39 is 23.9 Å². The molecule has 0 radical (unpaired) electrons. The predicted octanol–water partition coefficient (Wildman–Crippen LogP) is 2.06. The highest BCUT2D eigenvalue weighted by Gasteiger charge is 2.38. The average Bonchev–Trinajstić information content (AvgIpc) is 2.73. The molecule has 1 heterocycles. The van der Waals surface area contributed by atoms with Gasteiger partial charge in [0.05, 0.1) is 10.5 Å². The van der Waals surface area contributed by atoms with Crippen LogP contribution in [0, 0.1) is 0 Å². The van der Waals surface area contributed by atoms with Crippen LogP contribution in [0.1, 0.15) is 22.8 Å². The molecule has 0 saturated carbocycles. The Kier molecular flexibility index (Phi) is 4.62. The molecule has 8 heteroatoms. The van der Waals surface area contributed by atoms with Crippen LogP contribution in [0.2, 0.25) is 0 Å². The van der Waals surface area contributed by atoms with Crippen molar-refractivity contribution >= 4 is 52.2 Å². The van der Waals surface area contributed by atoms with Crippen molar-refractivity contribution in [1.29, 1.82) is 0 Å². The minimum Gasteiger partial charge on any atom is -0.480 e. The van der Waals surface area contributed by atoms with Crippen LogP contribution in [-0.2, 0) is 9.59 Å². The van der Waals surface area contributed by atoms with Gasteiger partial charge in [0, 0.05) is 0 Å². The van der Waals surface area contributed by atoms with Crippen molar-refractivity contribution in [1.82, 2.24) is 4.90 Å². The standard InChI is InChI=1S/C14H11NO5S2/c1-7(12(17)18)15-11(16)10(22-14(15)21)6-8-4-2-3-5-9(8)13(19)20/h2-7H,1H3,(H,17,18)(H,19,20)/b10-6+.